The van der Waals surface area contributed by atoms with E-state index in [-0.39, 0.29) is 0 Å². The van der Waals surface area contributed by atoms with Gasteiger partial charge in [-0.15, -0.1) is 11.3 Å². The first-order chi connectivity index (χ1) is 8.84. The highest BCUT2D eigenvalue weighted by molar-refractivity contribution is 7.17. The van der Waals surface area contributed by atoms with Gasteiger partial charge in [0.25, 0.3) is 0 Å². The van der Waals surface area contributed by atoms with Gasteiger partial charge >= 0.3 is 0 Å². The summed E-state index contributed by atoms with van der Waals surface area (Å²) in [6.07, 6.45) is 3.43. The molecule has 3 nitrogen and oxygen atoms in total. The topological polar surface area (TPSA) is 48.1 Å². The molecular formula is C14H12N2OS. The molecule has 0 aliphatic carbocycles. The number of anilines is 1. The molecule has 90 valence electrons. The Morgan fingerprint density at radius 1 is 1.22 bits per heavy atom. The van der Waals surface area contributed by atoms with E-state index in [1.54, 1.807) is 23.7 Å². The Hall–Kier alpha value is -2.07. The summed E-state index contributed by atoms with van der Waals surface area (Å²) in [5.41, 5.74) is 7.94. The molecule has 1 aromatic carbocycles. The lowest BCUT2D eigenvalue weighted by Gasteiger charge is -2.05. The summed E-state index contributed by atoms with van der Waals surface area (Å²) in [7, 11) is 0. The van der Waals surface area contributed by atoms with Crippen LogP contribution >= 0.6 is 11.3 Å². The van der Waals surface area contributed by atoms with Crippen LogP contribution in [0.5, 0.6) is 5.75 Å². The van der Waals surface area contributed by atoms with Crippen LogP contribution in [0, 0.1) is 0 Å². The second kappa shape index (κ2) is 4.66. The van der Waals surface area contributed by atoms with Crippen LogP contribution in [-0.2, 0) is 6.61 Å². The maximum absolute atomic E-state index is 6.01. The first kappa shape index (κ1) is 11.0. The largest absolute Gasteiger partial charge is 0.487 e. The van der Waals surface area contributed by atoms with Crippen LogP contribution in [0.25, 0.3) is 10.1 Å². The van der Waals surface area contributed by atoms with Gasteiger partial charge in [-0.1, -0.05) is 6.07 Å². The quantitative estimate of drug-likeness (QED) is 0.730. The number of nitrogen functional groups attached to an aromatic ring is 1. The van der Waals surface area contributed by atoms with Crippen molar-refractivity contribution in [3.05, 3.63) is 53.7 Å². The van der Waals surface area contributed by atoms with Crippen LogP contribution < -0.4 is 10.5 Å². The molecule has 2 N–H and O–H groups in total. The van der Waals surface area contributed by atoms with Gasteiger partial charge in [-0.3, -0.25) is 4.98 Å². The monoisotopic (exact) mass is 256 g/mol. The van der Waals surface area contributed by atoms with Crippen molar-refractivity contribution in [3.8, 4) is 5.75 Å². The molecule has 4 heteroatoms. The third-order valence-corrected chi connectivity index (χ3v) is 3.73. The second-order valence-corrected chi connectivity index (χ2v) is 4.87. The highest BCUT2D eigenvalue weighted by Crippen LogP contribution is 2.31. The molecule has 2 heterocycles. The van der Waals surface area contributed by atoms with Crippen molar-refractivity contribution >= 4 is 27.1 Å². The Balaban J connectivity index is 1.87. The van der Waals surface area contributed by atoms with E-state index in [1.165, 1.54) is 4.70 Å². The van der Waals surface area contributed by atoms with Gasteiger partial charge in [0.05, 0.1) is 6.20 Å². The molecule has 0 saturated carbocycles. The molecule has 18 heavy (non-hydrogen) atoms. The minimum Gasteiger partial charge on any atom is -0.487 e. The zero-order valence-electron chi connectivity index (χ0n) is 9.67. The molecule has 0 aliphatic heterocycles. The fourth-order valence-corrected chi connectivity index (χ4v) is 2.86. The summed E-state index contributed by atoms with van der Waals surface area (Å²) in [6, 6.07) is 9.72. The lowest BCUT2D eigenvalue weighted by Crippen LogP contribution is -1.96. The zero-order chi connectivity index (χ0) is 12.4. The first-order valence-electron chi connectivity index (χ1n) is 5.62. The Morgan fingerprint density at radius 2 is 2.17 bits per heavy atom. The van der Waals surface area contributed by atoms with Crippen molar-refractivity contribution in [2.75, 3.05) is 5.73 Å². The SMILES string of the molecule is Nc1cccc2scc(COc3cccnc3)c12. The first-order valence-corrected chi connectivity index (χ1v) is 6.50. The van der Waals surface area contributed by atoms with Crippen LogP contribution in [0.2, 0.25) is 0 Å². The fourth-order valence-electron chi connectivity index (χ4n) is 1.88. The number of fused-ring (bicyclic) bond motifs is 1. The van der Waals surface area contributed by atoms with E-state index in [1.807, 2.05) is 24.3 Å². The predicted octanol–water partition coefficient (Wildman–Crippen LogP) is 3.46. The summed E-state index contributed by atoms with van der Waals surface area (Å²) < 4.78 is 6.90. The van der Waals surface area contributed by atoms with Gasteiger partial charge in [0, 0.05) is 27.5 Å². The van der Waals surface area contributed by atoms with Crippen LogP contribution in [-0.4, -0.2) is 4.98 Å². The normalized spacial score (nSPS) is 10.7. The zero-order valence-corrected chi connectivity index (χ0v) is 10.5. The van der Waals surface area contributed by atoms with E-state index in [0.717, 1.165) is 22.4 Å². The lowest BCUT2D eigenvalue weighted by molar-refractivity contribution is 0.307. The molecule has 3 rings (SSSR count). The second-order valence-electron chi connectivity index (χ2n) is 3.96. The van der Waals surface area contributed by atoms with Crippen LogP contribution in [0.3, 0.4) is 0 Å². The van der Waals surface area contributed by atoms with Crippen molar-refractivity contribution in [3.63, 3.8) is 0 Å². The molecule has 0 amide bonds. The third kappa shape index (κ3) is 2.02. The molecule has 0 unspecified atom stereocenters. The summed E-state index contributed by atoms with van der Waals surface area (Å²) >= 11 is 1.69. The highest BCUT2D eigenvalue weighted by Gasteiger charge is 2.07. The van der Waals surface area contributed by atoms with E-state index in [0.29, 0.717) is 6.61 Å². The average Bonchev–Trinajstić information content (AvgIpc) is 2.82. The van der Waals surface area contributed by atoms with Crippen molar-refractivity contribution in [1.29, 1.82) is 0 Å². The molecule has 0 atom stereocenters. The van der Waals surface area contributed by atoms with E-state index in [2.05, 4.69) is 16.4 Å². The van der Waals surface area contributed by atoms with E-state index in [4.69, 9.17) is 10.5 Å². The number of benzene rings is 1. The number of pyridine rings is 1. The minimum atomic E-state index is 0.514. The number of rotatable bonds is 3. The van der Waals surface area contributed by atoms with Gasteiger partial charge in [0.1, 0.15) is 12.4 Å². The fraction of sp³-hybridized carbons (Fsp3) is 0.0714. The molecule has 2 aromatic heterocycles. The number of thiophene rings is 1. The summed E-state index contributed by atoms with van der Waals surface area (Å²) in [4.78, 5) is 4.02. The highest BCUT2D eigenvalue weighted by atomic mass is 32.1. The molecule has 0 spiro atoms. The molecular weight excluding hydrogens is 244 g/mol. The maximum atomic E-state index is 6.01. The van der Waals surface area contributed by atoms with E-state index >= 15 is 0 Å². The number of aromatic nitrogens is 1. The Morgan fingerprint density at radius 3 is 3.00 bits per heavy atom. The van der Waals surface area contributed by atoms with Gasteiger partial charge in [-0.05, 0) is 29.6 Å². The molecule has 0 radical (unpaired) electrons. The molecule has 0 fully saturated rings. The van der Waals surface area contributed by atoms with Crippen LogP contribution in [0.15, 0.2) is 48.1 Å². The van der Waals surface area contributed by atoms with Crippen LogP contribution in [0.4, 0.5) is 5.69 Å². The molecule has 0 saturated heterocycles. The van der Waals surface area contributed by atoms with Crippen LogP contribution in [0.1, 0.15) is 5.56 Å². The third-order valence-electron chi connectivity index (χ3n) is 2.74. The Bertz CT molecular complexity index is 664. The Labute approximate surface area is 109 Å². The van der Waals surface area contributed by atoms with E-state index < -0.39 is 0 Å². The Kier molecular flexibility index (Phi) is 2.86. The number of hydrogen-bond donors (Lipinski definition) is 1. The smallest absolute Gasteiger partial charge is 0.138 e. The minimum absolute atomic E-state index is 0.514. The number of hydrogen-bond acceptors (Lipinski definition) is 4. The lowest BCUT2D eigenvalue weighted by atomic mass is 10.1. The number of nitrogens with two attached hydrogens (primary N) is 1. The summed E-state index contributed by atoms with van der Waals surface area (Å²) in [5, 5.41) is 3.20. The molecule has 0 aliphatic rings. The summed E-state index contributed by atoms with van der Waals surface area (Å²) in [5.74, 6) is 0.770. The summed E-state index contributed by atoms with van der Waals surface area (Å²) in [6.45, 7) is 0.514. The van der Waals surface area contributed by atoms with Gasteiger partial charge in [0.15, 0.2) is 0 Å². The number of nitrogens with zero attached hydrogens (tertiary/aromatic N) is 1. The van der Waals surface area contributed by atoms with Gasteiger partial charge in [0.2, 0.25) is 0 Å². The van der Waals surface area contributed by atoms with Gasteiger partial charge in [-0.2, -0.15) is 0 Å². The number of ether oxygens (including phenoxy) is 1. The van der Waals surface area contributed by atoms with Crippen molar-refractivity contribution < 1.29 is 4.74 Å². The molecule has 0 bridgehead atoms. The molecule has 3 aromatic rings. The predicted molar refractivity (Wildman–Crippen MR) is 74.8 cm³/mol. The average molecular weight is 256 g/mol. The maximum Gasteiger partial charge on any atom is 0.138 e. The van der Waals surface area contributed by atoms with Crippen molar-refractivity contribution in [2.24, 2.45) is 0 Å². The standard InChI is InChI=1S/C14H12N2OS/c15-12-4-1-5-13-14(12)10(9-18-13)8-17-11-3-2-6-16-7-11/h1-7,9H,8,15H2. The van der Waals surface area contributed by atoms with Gasteiger partial charge in [-0.25, -0.2) is 0 Å². The van der Waals surface area contributed by atoms with Crippen molar-refractivity contribution in [1.82, 2.24) is 4.98 Å². The van der Waals surface area contributed by atoms with Gasteiger partial charge < -0.3 is 10.5 Å². The van der Waals surface area contributed by atoms with E-state index in [9.17, 15) is 0 Å². The van der Waals surface area contributed by atoms with Crippen molar-refractivity contribution in [2.45, 2.75) is 6.61 Å².